The average Bonchev–Trinajstić information content (AvgIpc) is 3.16. The fraction of sp³-hybridized carbons (Fsp3) is 0.316. The van der Waals surface area contributed by atoms with E-state index in [4.69, 9.17) is 4.74 Å². The van der Waals surface area contributed by atoms with E-state index in [1.807, 2.05) is 0 Å². The van der Waals surface area contributed by atoms with Gasteiger partial charge in [-0.2, -0.15) is 18.3 Å². The summed E-state index contributed by atoms with van der Waals surface area (Å²) in [5.74, 6) is -0.702. The molecule has 3 heterocycles. The molecule has 31 heavy (non-hydrogen) atoms. The van der Waals surface area contributed by atoms with Gasteiger partial charge in [0.1, 0.15) is 0 Å². The van der Waals surface area contributed by atoms with Gasteiger partial charge in [-0.1, -0.05) is 0 Å². The van der Waals surface area contributed by atoms with E-state index in [1.54, 1.807) is 18.3 Å². The van der Waals surface area contributed by atoms with Crippen molar-refractivity contribution in [2.75, 3.05) is 7.11 Å². The number of hydrogen-bond acceptors (Lipinski definition) is 6. The fourth-order valence-corrected chi connectivity index (χ4v) is 2.63. The maximum absolute atomic E-state index is 12.3. The molecule has 0 bridgehead atoms. The van der Waals surface area contributed by atoms with Crippen molar-refractivity contribution in [1.29, 1.82) is 0 Å². The largest absolute Gasteiger partial charge is 0.481 e. The van der Waals surface area contributed by atoms with Crippen molar-refractivity contribution in [2.24, 2.45) is 0 Å². The van der Waals surface area contributed by atoms with Gasteiger partial charge in [0.05, 0.1) is 38.2 Å². The summed E-state index contributed by atoms with van der Waals surface area (Å²) in [5.41, 5.74) is 1.99. The molecule has 3 aromatic heterocycles. The first kappa shape index (κ1) is 22.0. The number of alkyl halides is 3. The normalized spacial score (nSPS) is 11.4. The number of nitrogens with one attached hydrogen (secondary N) is 2. The second kappa shape index (κ2) is 9.41. The SMILES string of the molecule is COc1cc(C(=O)NCc2cn3ncc(CNC(=O)CCC(F)(F)F)cc3n2)ccn1. The maximum atomic E-state index is 12.3. The van der Waals surface area contributed by atoms with Crippen molar-refractivity contribution in [3.8, 4) is 5.88 Å². The zero-order chi connectivity index (χ0) is 22.4. The lowest BCUT2D eigenvalue weighted by Gasteiger charge is -2.07. The van der Waals surface area contributed by atoms with Crippen molar-refractivity contribution >= 4 is 17.5 Å². The summed E-state index contributed by atoms with van der Waals surface area (Å²) in [4.78, 5) is 32.1. The molecule has 0 aliphatic rings. The number of imidazole rings is 1. The van der Waals surface area contributed by atoms with Crippen LogP contribution in [0.15, 0.2) is 36.8 Å². The van der Waals surface area contributed by atoms with Crippen LogP contribution < -0.4 is 15.4 Å². The van der Waals surface area contributed by atoms with Crippen LogP contribution in [-0.4, -0.2) is 44.7 Å². The van der Waals surface area contributed by atoms with Gasteiger partial charge in [-0.3, -0.25) is 9.59 Å². The predicted octanol–water partition coefficient (Wildman–Crippen LogP) is 2.02. The van der Waals surface area contributed by atoms with E-state index in [-0.39, 0.29) is 19.0 Å². The van der Waals surface area contributed by atoms with Crippen LogP contribution in [0.5, 0.6) is 5.88 Å². The molecule has 0 unspecified atom stereocenters. The number of methoxy groups -OCH3 is 1. The van der Waals surface area contributed by atoms with Gasteiger partial charge in [0.2, 0.25) is 11.8 Å². The summed E-state index contributed by atoms with van der Waals surface area (Å²) < 4.78 is 43.0. The number of rotatable bonds is 8. The smallest absolute Gasteiger partial charge is 0.389 e. The standard InChI is InChI=1S/C19H19F3N6O3/c1-31-17-7-13(3-5-23-17)18(30)25-10-14-11-28-15(27-14)6-12(9-26-28)8-24-16(29)2-4-19(20,21)22/h3,5-7,9,11H,2,4,8,10H2,1H3,(H,24,29)(H,25,30). The summed E-state index contributed by atoms with van der Waals surface area (Å²) >= 11 is 0. The van der Waals surface area contributed by atoms with Crippen LogP contribution in [0.1, 0.15) is 34.5 Å². The van der Waals surface area contributed by atoms with Gasteiger partial charge in [0.15, 0.2) is 5.65 Å². The van der Waals surface area contributed by atoms with E-state index < -0.39 is 24.9 Å². The van der Waals surface area contributed by atoms with Crippen LogP contribution in [0.2, 0.25) is 0 Å². The summed E-state index contributed by atoms with van der Waals surface area (Å²) in [7, 11) is 1.45. The Balaban J connectivity index is 1.56. The Bertz CT molecular complexity index is 1080. The van der Waals surface area contributed by atoms with E-state index >= 15 is 0 Å². The van der Waals surface area contributed by atoms with Gasteiger partial charge >= 0.3 is 6.18 Å². The number of hydrogen-bond donors (Lipinski definition) is 2. The van der Waals surface area contributed by atoms with Gasteiger partial charge in [-0.25, -0.2) is 14.5 Å². The molecule has 0 spiro atoms. The van der Waals surface area contributed by atoms with Gasteiger partial charge in [-0.05, 0) is 17.7 Å². The third-order valence-electron chi connectivity index (χ3n) is 4.19. The topological polar surface area (TPSA) is 111 Å². The number of nitrogens with zero attached hydrogens (tertiary/aromatic N) is 4. The first-order chi connectivity index (χ1) is 14.7. The highest BCUT2D eigenvalue weighted by molar-refractivity contribution is 5.94. The molecule has 164 valence electrons. The minimum absolute atomic E-state index is 0.0307. The Labute approximate surface area is 174 Å². The highest BCUT2D eigenvalue weighted by Crippen LogP contribution is 2.21. The molecule has 3 rings (SSSR count). The number of pyridine rings is 1. The zero-order valence-corrected chi connectivity index (χ0v) is 16.4. The van der Waals surface area contributed by atoms with Crippen molar-refractivity contribution in [3.63, 3.8) is 0 Å². The number of ether oxygens (including phenoxy) is 1. The molecule has 0 radical (unpaired) electrons. The van der Waals surface area contributed by atoms with Crippen LogP contribution in [0, 0.1) is 0 Å². The molecular formula is C19H19F3N6O3. The summed E-state index contributed by atoms with van der Waals surface area (Å²) in [6.45, 7) is 0.180. The van der Waals surface area contributed by atoms with Crippen LogP contribution in [0.4, 0.5) is 13.2 Å². The number of fused-ring (bicyclic) bond motifs is 1. The lowest BCUT2D eigenvalue weighted by Crippen LogP contribution is -2.24. The predicted molar refractivity (Wildman–Crippen MR) is 102 cm³/mol. The Morgan fingerprint density at radius 3 is 2.74 bits per heavy atom. The molecule has 2 N–H and O–H groups in total. The first-order valence-electron chi connectivity index (χ1n) is 9.18. The lowest BCUT2D eigenvalue weighted by molar-refractivity contribution is -0.144. The molecule has 0 saturated heterocycles. The van der Waals surface area contributed by atoms with Gasteiger partial charge in [0.25, 0.3) is 5.91 Å². The third kappa shape index (κ3) is 6.39. The molecule has 0 saturated carbocycles. The molecule has 0 fully saturated rings. The van der Waals surface area contributed by atoms with Crippen LogP contribution in [0.25, 0.3) is 5.65 Å². The molecule has 3 aromatic rings. The molecule has 0 aromatic carbocycles. The van der Waals surface area contributed by atoms with E-state index in [2.05, 4.69) is 25.7 Å². The lowest BCUT2D eigenvalue weighted by atomic mass is 10.2. The Kier molecular flexibility index (Phi) is 6.68. The number of carbonyl (C=O) groups is 2. The highest BCUT2D eigenvalue weighted by Gasteiger charge is 2.27. The second-order valence-corrected chi connectivity index (χ2v) is 6.56. The molecule has 0 atom stereocenters. The van der Waals surface area contributed by atoms with Gasteiger partial charge in [0, 0.05) is 30.8 Å². The summed E-state index contributed by atoms with van der Waals surface area (Å²) in [5, 5.41) is 9.31. The summed E-state index contributed by atoms with van der Waals surface area (Å²) in [6, 6.07) is 4.71. The number of amides is 2. The second-order valence-electron chi connectivity index (χ2n) is 6.56. The number of halogens is 3. The minimum Gasteiger partial charge on any atom is -0.481 e. The summed E-state index contributed by atoms with van der Waals surface area (Å²) in [6.07, 6.45) is -1.60. The van der Waals surface area contributed by atoms with Crippen molar-refractivity contribution in [1.82, 2.24) is 30.2 Å². The minimum atomic E-state index is -4.37. The number of carbonyl (C=O) groups excluding carboxylic acids is 2. The van der Waals surface area contributed by atoms with Crippen molar-refractivity contribution < 1.29 is 27.5 Å². The number of aromatic nitrogens is 4. The van der Waals surface area contributed by atoms with Crippen molar-refractivity contribution in [3.05, 3.63) is 53.6 Å². The molecule has 2 amide bonds. The van der Waals surface area contributed by atoms with Gasteiger partial charge < -0.3 is 15.4 Å². The molecule has 9 nitrogen and oxygen atoms in total. The Morgan fingerprint density at radius 1 is 1.19 bits per heavy atom. The Hall–Kier alpha value is -3.70. The van der Waals surface area contributed by atoms with Gasteiger partial charge in [-0.15, -0.1) is 0 Å². The quantitative estimate of drug-likeness (QED) is 0.559. The molecular weight excluding hydrogens is 417 g/mol. The van der Waals surface area contributed by atoms with Crippen LogP contribution >= 0.6 is 0 Å². The van der Waals surface area contributed by atoms with Crippen LogP contribution in [0.3, 0.4) is 0 Å². The average molecular weight is 436 g/mol. The fourth-order valence-electron chi connectivity index (χ4n) is 2.63. The monoisotopic (exact) mass is 436 g/mol. The third-order valence-corrected chi connectivity index (χ3v) is 4.19. The van der Waals surface area contributed by atoms with Crippen LogP contribution in [-0.2, 0) is 17.9 Å². The van der Waals surface area contributed by atoms with E-state index in [0.29, 0.717) is 28.3 Å². The maximum Gasteiger partial charge on any atom is 0.389 e. The molecule has 0 aliphatic heterocycles. The van der Waals surface area contributed by atoms with E-state index in [9.17, 15) is 22.8 Å². The van der Waals surface area contributed by atoms with E-state index in [0.717, 1.165) is 0 Å². The molecule has 12 heteroatoms. The first-order valence-corrected chi connectivity index (χ1v) is 9.18. The Morgan fingerprint density at radius 2 is 2.00 bits per heavy atom. The van der Waals surface area contributed by atoms with E-state index in [1.165, 1.54) is 30.1 Å². The highest BCUT2D eigenvalue weighted by atomic mass is 19.4. The zero-order valence-electron chi connectivity index (χ0n) is 16.4. The van der Waals surface area contributed by atoms with Crippen molar-refractivity contribution in [2.45, 2.75) is 32.1 Å². The molecule has 0 aliphatic carbocycles.